The van der Waals surface area contributed by atoms with Gasteiger partial charge in [-0.25, -0.2) is 4.79 Å². The lowest BCUT2D eigenvalue weighted by molar-refractivity contribution is 0.240. The highest BCUT2D eigenvalue weighted by Crippen LogP contribution is 2.14. The molecule has 0 spiro atoms. The van der Waals surface area contributed by atoms with E-state index in [-0.39, 0.29) is 6.03 Å². The summed E-state index contributed by atoms with van der Waals surface area (Å²) < 4.78 is 0. The second-order valence-electron chi connectivity index (χ2n) is 4.05. The van der Waals surface area contributed by atoms with Gasteiger partial charge in [-0.15, -0.1) is 11.3 Å². The van der Waals surface area contributed by atoms with E-state index in [1.54, 1.807) is 11.3 Å². The lowest BCUT2D eigenvalue weighted by Crippen LogP contribution is -2.34. The normalized spacial score (nSPS) is 10.1. The van der Waals surface area contributed by atoms with Gasteiger partial charge in [-0.3, -0.25) is 0 Å². The van der Waals surface area contributed by atoms with Crippen LogP contribution in [0.25, 0.3) is 0 Å². The molecule has 3 nitrogen and oxygen atoms in total. The number of carbonyl (C=O) groups is 1. The third-order valence-corrected chi connectivity index (χ3v) is 3.70. The molecule has 2 N–H and O–H groups in total. The van der Waals surface area contributed by atoms with Crippen molar-refractivity contribution in [3.05, 3.63) is 57.8 Å². The third-order valence-electron chi connectivity index (χ3n) is 2.67. The Bertz CT molecular complexity index is 508. The van der Waals surface area contributed by atoms with Gasteiger partial charge in [0, 0.05) is 11.4 Å². The molecule has 0 fully saturated rings. The zero-order valence-corrected chi connectivity index (χ0v) is 11.1. The van der Waals surface area contributed by atoms with Crippen molar-refractivity contribution < 1.29 is 4.79 Å². The topological polar surface area (TPSA) is 41.1 Å². The number of amides is 2. The van der Waals surface area contributed by atoms with Crippen molar-refractivity contribution in [1.29, 1.82) is 0 Å². The molecule has 0 bridgehead atoms. The summed E-state index contributed by atoms with van der Waals surface area (Å²) in [4.78, 5) is 12.8. The summed E-state index contributed by atoms with van der Waals surface area (Å²) in [6, 6.07) is 11.8. The van der Waals surface area contributed by atoms with Gasteiger partial charge in [-0.1, -0.05) is 30.3 Å². The Labute approximate surface area is 111 Å². The van der Waals surface area contributed by atoms with Gasteiger partial charge >= 0.3 is 6.03 Å². The summed E-state index contributed by atoms with van der Waals surface area (Å²) in [5.74, 6) is 0. The fraction of sp³-hybridized carbons (Fsp3) is 0.214. The maximum atomic E-state index is 11.6. The Morgan fingerprint density at radius 3 is 2.50 bits per heavy atom. The van der Waals surface area contributed by atoms with Crippen LogP contribution in [-0.2, 0) is 13.1 Å². The number of rotatable bonds is 4. The zero-order valence-electron chi connectivity index (χ0n) is 10.3. The molecule has 0 aliphatic heterocycles. The minimum absolute atomic E-state index is 0.133. The molecule has 18 heavy (non-hydrogen) atoms. The molecule has 1 heterocycles. The van der Waals surface area contributed by atoms with E-state index in [9.17, 15) is 4.79 Å². The Balaban J connectivity index is 1.75. The van der Waals surface area contributed by atoms with Gasteiger partial charge in [-0.2, -0.15) is 0 Å². The molecule has 0 saturated carbocycles. The third kappa shape index (κ3) is 3.60. The van der Waals surface area contributed by atoms with Crippen molar-refractivity contribution in [3.8, 4) is 0 Å². The van der Waals surface area contributed by atoms with Crippen LogP contribution < -0.4 is 10.6 Å². The van der Waals surface area contributed by atoms with Crippen molar-refractivity contribution >= 4 is 17.4 Å². The van der Waals surface area contributed by atoms with Crippen molar-refractivity contribution in [2.75, 3.05) is 0 Å². The van der Waals surface area contributed by atoms with E-state index in [1.807, 2.05) is 35.7 Å². The van der Waals surface area contributed by atoms with E-state index in [4.69, 9.17) is 0 Å². The Hall–Kier alpha value is -1.81. The van der Waals surface area contributed by atoms with Crippen LogP contribution in [0.1, 0.15) is 16.0 Å². The van der Waals surface area contributed by atoms with Gasteiger partial charge in [0.15, 0.2) is 0 Å². The lowest BCUT2D eigenvalue weighted by Gasteiger charge is -2.07. The molecule has 0 atom stereocenters. The molecule has 2 rings (SSSR count). The molecule has 0 aliphatic rings. The van der Waals surface area contributed by atoms with Crippen LogP contribution in [0.4, 0.5) is 4.79 Å². The van der Waals surface area contributed by atoms with Crippen molar-refractivity contribution in [2.24, 2.45) is 0 Å². The van der Waals surface area contributed by atoms with Crippen LogP contribution >= 0.6 is 11.3 Å². The smallest absolute Gasteiger partial charge is 0.315 e. The SMILES string of the molecule is Cc1ccsc1CNC(=O)NCc1ccccc1. The van der Waals surface area contributed by atoms with Gasteiger partial charge in [-0.05, 0) is 29.5 Å². The molecule has 0 saturated heterocycles. The number of hydrogen-bond acceptors (Lipinski definition) is 2. The first-order valence-corrected chi connectivity index (χ1v) is 6.72. The van der Waals surface area contributed by atoms with Crippen molar-refractivity contribution in [1.82, 2.24) is 10.6 Å². The number of thiophene rings is 1. The quantitative estimate of drug-likeness (QED) is 0.871. The van der Waals surface area contributed by atoms with E-state index in [1.165, 1.54) is 10.4 Å². The molecule has 0 aliphatic carbocycles. The molecule has 1 aromatic carbocycles. The average Bonchev–Trinajstić information content (AvgIpc) is 2.81. The minimum Gasteiger partial charge on any atom is -0.334 e. The molecule has 4 heteroatoms. The van der Waals surface area contributed by atoms with E-state index < -0.39 is 0 Å². The first-order chi connectivity index (χ1) is 8.75. The first-order valence-electron chi connectivity index (χ1n) is 5.84. The summed E-state index contributed by atoms with van der Waals surface area (Å²) in [5.41, 5.74) is 2.32. The Kier molecular flexibility index (Phi) is 4.36. The highest BCUT2D eigenvalue weighted by Gasteiger charge is 2.03. The molecule has 2 amide bonds. The zero-order chi connectivity index (χ0) is 12.8. The minimum atomic E-state index is -0.133. The fourth-order valence-electron chi connectivity index (χ4n) is 1.59. The van der Waals surface area contributed by atoms with E-state index in [0.29, 0.717) is 13.1 Å². The maximum Gasteiger partial charge on any atom is 0.315 e. The van der Waals surface area contributed by atoms with Crippen molar-refractivity contribution in [2.45, 2.75) is 20.0 Å². The fourth-order valence-corrected chi connectivity index (χ4v) is 2.43. The van der Waals surface area contributed by atoms with Crippen LogP contribution in [0.2, 0.25) is 0 Å². The second kappa shape index (κ2) is 6.21. The lowest BCUT2D eigenvalue weighted by atomic mass is 10.2. The number of urea groups is 1. The van der Waals surface area contributed by atoms with Gasteiger partial charge in [0.2, 0.25) is 0 Å². The largest absolute Gasteiger partial charge is 0.334 e. The number of nitrogens with one attached hydrogen (secondary N) is 2. The van der Waals surface area contributed by atoms with Gasteiger partial charge < -0.3 is 10.6 Å². The second-order valence-corrected chi connectivity index (χ2v) is 5.05. The maximum absolute atomic E-state index is 11.6. The molecule has 94 valence electrons. The Morgan fingerprint density at radius 1 is 1.11 bits per heavy atom. The molecule has 0 unspecified atom stereocenters. The molecule has 2 aromatic rings. The Morgan fingerprint density at radius 2 is 1.83 bits per heavy atom. The van der Waals surface area contributed by atoms with Crippen LogP contribution in [0.15, 0.2) is 41.8 Å². The predicted molar refractivity (Wildman–Crippen MR) is 74.6 cm³/mol. The molecular weight excluding hydrogens is 244 g/mol. The standard InChI is InChI=1S/C14H16N2OS/c1-11-7-8-18-13(11)10-16-14(17)15-9-12-5-3-2-4-6-12/h2-8H,9-10H2,1H3,(H2,15,16,17). The summed E-state index contributed by atoms with van der Waals surface area (Å²) in [5, 5.41) is 7.73. The van der Waals surface area contributed by atoms with Gasteiger partial charge in [0.05, 0.1) is 6.54 Å². The number of hydrogen-bond donors (Lipinski definition) is 2. The van der Waals surface area contributed by atoms with Crippen LogP contribution in [-0.4, -0.2) is 6.03 Å². The summed E-state index contributed by atoms with van der Waals surface area (Å²) in [6.07, 6.45) is 0. The summed E-state index contributed by atoms with van der Waals surface area (Å²) >= 11 is 1.66. The van der Waals surface area contributed by atoms with E-state index in [2.05, 4.69) is 23.6 Å². The summed E-state index contributed by atoms with van der Waals surface area (Å²) in [7, 11) is 0. The van der Waals surface area contributed by atoms with Gasteiger partial charge in [0.1, 0.15) is 0 Å². The number of carbonyl (C=O) groups excluding carboxylic acids is 1. The van der Waals surface area contributed by atoms with E-state index >= 15 is 0 Å². The molecule has 1 aromatic heterocycles. The number of benzene rings is 1. The van der Waals surface area contributed by atoms with Crippen molar-refractivity contribution in [3.63, 3.8) is 0 Å². The monoisotopic (exact) mass is 260 g/mol. The average molecular weight is 260 g/mol. The molecular formula is C14H16N2OS. The van der Waals surface area contributed by atoms with Gasteiger partial charge in [0.25, 0.3) is 0 Å². The number of aryl methyl sites for hydroxylation is 1. The first kappa shape index (κ1) is 12.6. The highest BCUT2D eigenvalue weighted by molar-refractivity contribution is 7.10. The van der Waals surface area contributed by atoms with Crippen LogP contribution in [0.3, 0.4) is 0 Å². The molecule has 0 radical (unpaired) electrons. The van der Waals surface area contributed by atoms with E-state index in [0.717, 1.165) is 5.56 Å². The highest BCUT2D eigenvalue weighted by atomic mass is 32.1. The predicted octanol–water partition coefficient (Wildman–Crippen LogP) is 3.06. The summed E-state index contributed by atoms with van der Waals surface area (Å²) in [6.45, 7) is 3.19. The van der Waals surface area contributed by atoms with Crippen LogP contribution in [0.5, 0.6) is 0 Å². The van der Waals surface area contributed by atoms with Crippen LogP contribution in [0, 0.1) is 6.92 Å².